The molecule has 0 aromatic carbocycles. The number of ether oxygens (including phenoxy) is 2. The molecular formula is C15H23NO5. The van der Waals surface area contributed by atoms with Crippen LogP contribution >= 0.6 is 0 Å². The van der Waals surface area contributed by atoms with Crippen LogP contribution in [0.3, 0.4) is 0 Å². The van der Waals surface area contributed by atoms with Crippen LogP contribution in [0, 0.1) is 17.8 Å². The summed E-state index contributed by atoms with van der Waals surface area (Å²) in [4.78, 5) is 25.9. The number of nitrogens with zero attached hydrogens (tertiary/aromatic N) is 1. The van der Waals surface area contributed by atoms with Gasteiger partial charge in [-0.3, -0.25) is 9.59 Å². The lowest BCUT2D eigenvalue weighted by Crippen LogP contribution is -2.53. The molecule has 3 fully saturated rings. The Labute approximate surface area is 124 Å². The van der Waals surface area contributed by atoms with Gasteiger partial charge in [-0.1, -0.05) is 6.92 Å². The van der Waals surface area contributed by atoms with Crippen molar-refractivity contribution in [3.8, 4) is 0 Å². The number of piperidine rings is 1. The highest BCUT2D eigenvalue weighted by Gasteiger charge is 2.47. The Morgan fingerprint density at radius 1 is 1.19 bits per heavy atom. The standard InChI is InChI=1S/C15H23NO5/c1-10-7-11(12(8-10)14(18)19)13(17)16-4-2-3-15(9-16)20-5-6-21-15/h10-12H,2-9H2,1H3,(H,18,19). The number of carboxylic acid groups (broad SMARTS) is 1. The van der Waals surface area contributed by atoms with Crippen LogP contribution in [0.2, 0.25) is 0 Å². The van der Waals surface area contributed by atoms with Crippen LogP contribution in [-0.2, 0) is 19.1 Å². The molecule has 21 heavy (non-hydrogen) atoms. The Hall–Kier alpha value is -1.14. The number of likely N-dealkylation sites (tertiary alicyclic amines) is 1. The third-order valence-corrected chi connectivity index (χ3v) is 4.98. The number of rotatable bonds is 2. The largest absolute Gasteiger partial charge is 0.481 e. The summed E-state index contributed by atoms with van der Waals surface area (Å²) < 4.78 is 11.4. The number of hydrogen-bond acceptors (Lipinski definition) is 4. The second-order valence-electron chi connectivity index (χ2n) is 6.60. The van der Waals surface area contributed by atoms with Gasteiger partial charge in [0.25, 0.3) is 0 Å². The molecule has 2 aliphatic heterocycles. The number of hydrogen-bond donors (Lipinski definition) is 1. The number of carbonyl (C=O) groups excluding carboxylic acids is 1. The van der Waals surface area contributed by atoms with Crippen molar-refractivity contribution < 1.29 is 24.2 Å². The molecule has 0 bridgehead atoms. The van der Waals surface area contributed by atoms with Crippen LogP contribution in [-0.4, -0.2) is 54.0 Å². The Balaban J connectivity index is 1.70. The van der Waals surface area contributed by atoms with Crippen molar-refractivity contribution in [2.75, 3.05) is 26.3 Å². The van der Waals surface area contributed by atoms with Crippen LogP contribution in [0.15, 0.2) is 0 Å². The predicted molar refractivity (Wildman–Crippen MR) is 73.5 cm³/mol. The van der Waals surface area contributed by atoms with Crippen LogP contribution in [0.1, 0.15) is 32.6 Å². The van der Waals surface area contributed by atoms with Gasteiger partial charge in [0.05, 0.1) is 31.6 Å². The molecular weight excluding hydrogens is 274 g/mol. The Morgan fingerprint density at radius 3 is 2.52 bits per heavy atom. The van der Waals surface area contributed by atoms with E-state index in [9.17, 15) is 14.7 Å². The fourth-order valence-corrected chi connectivity index (χ4v) is 3.98. The van der Waals surface area contributed by atoms with E-state index in [4.69, 9.17) is 9.47 Å². The van der Waals surface area contributed by atoms with Gasteiger partial charge in [-0.15, -0.1) is 0 Å². The first kappa shape index (κ1) is 14.8. The minimum absolute atomic E-state index is 0.0371. The monoisotopic (exact) mass is 297 g/mol. The maximum absolute atomic E-state index is 12.8. The van der Waals surface area contributed by atoms with E-state index in [2.05, 4.69) is 0 Å². The third-order valence-electron chi connectivity index (χ3n) is 4.98. The number of carboxylic acids is 1. The van der Waals surface area contributed by atoms with Gasteiger partial charge >= 0.3 is 5.97 Å². The first-order valence-electron chi connectivity index (χ1n) is 7.80. The van der Waals surface area contributed by atoms with Gasteiger partial charge in [-0.2, -0.15) is 0 Å². The maximum atomic E-state index is 12.8. The molecule has 3 rings (SSSR count). The van der Waals surface area contributed by atoms with Crippen molar-refractivity contribution >= 4 is 11.9 Å². The van der Waals surface area contributed by atoms with E-state index >= 15 is 0 Å². The number of aliphatic carboxylic acids is 1. The molecule has 2 saturated heterocycles. The summed E-state index contributed by atoms with van der Waals surface area (Å²) in [5, 5.41) is 9.33. The summed E-state index contributed by atoms with van der Waals surface area (Å²) >= 11 is 0. The minimum Gasteiger partial charge on any atom is -0.481 e. The van der Waals surface area contributed by atoms with E-state index in [1.54, 1.807) is 4.90 Å². The summed E-state index contributed by atoms with van der Waals surface area (Å²) in [5.41, 5.74) is 0. The molecule has 3 aliphatic rings. The van der Waals surface area contributed by atoms with E-state index in [1.807, 2.05) is 6.92 Å². The van der Waals surface area contributed by atoms with Gasteiger partial charge in [0, 0.05) is 13.0 Å². The molecule has 1 aliphatic carbocycles. The Bertz CT molecular complexity index is 432. The van der Waals surface area contributed by atoms with Gasteiger partial charge in [-0.25, -0.2) is 0 Å². The zero-order valence-electron chi connectivity index (χ0n) is 12.4. The van der Waals surface area contributed by atoms with E-state index in [0.29, 0.717) is 39.1 Å². The molecule has 1 N–H and O–H groups in total. The van der Waals surface area contributed by atoms with Crippen LogP contribution < -0.4 is 0 Å². The fraction of sp³-hybridized carbons (Fsp3) is 0.867. The van der Waals surface area contributed by atoms with E-state index in [-0.39, 0.29) is 11.8 Å². The van der Waals surface area contributed by atoms with Crippen molar-refractivity contribution in [2.45, 2.75) is 38.4 Å². The molecule has 6 heteroatoms. The number of carbonyl (C=O) groups is 2. The maximum Gasteiger partial charge on any atom is 0.307 e. The molecule has 0 radical (unpaired) electrons. The second-order valence-corrected chi connectivity index (χ2v) is 6.60. The molecule has 1 amide bonds. The van der Waals surface area contributed by atoms with Gasteiger partial charge in [-0.05, 0) is 25.2 Å². The minimum atomic E-state index is -0.849. The quantitative estimate of drug-likeness (QED) is 0.826. The van der Waals surface area contributed by atoms with Crippen molar-refractivity contribution in [3.05, 3.63) is 0 Å². The van der Waals surface area contributed by atoms with Crippen molar-refractivity contribution in [3.63, 3.8) is 0 Å². The van der Waals surface area contributed by atoms with Crippen LogP contribution in [0.4, 0.5) is 0 Å². The fourth-order valence-electron chi connectivity index (χ4n) is 3.98. The second kappa shape index (κ2) is 5.57. The van der Waals surface area contributed by atoms with E-state index in [0.717, 1.165) is 12.8 Å². The molecule has 6 nitrogen and oxygen atoms in total. The Kier molecular flexibility index (Phi) is 3.92. The third kappa shape index (κ3) is 2.79. The Morgan fingerprint density at radius 2 is 1.86 bits per heavy atom. The number of amides is 1. The van der Waals surface area contributed by atoms with Crippen molar-refractivity contribution in [1.82, 2.24) is 4.90 Å². The highest BCUT2D eigenvalue weighted by Crippen LogP contribution is 2.39. The highest BCUT2D eigenvalue weighted by atomic mass is 16.7. The first-order valence-corrected chi connectivity index (χ1v) is 7.80. The lowest BCUT2D eigenvalue weighted by Gasteiger charge is -2.39. The summed E-state index contributed by atoms with van der Waals surface area (Å²) in [7, 11) is 0. The predicted octanol–water partition coefficient (Wildman–Crippen LogP) is 1.10. The first-order chi connectivity index (χ1) is 10.0. The molecule has 0 aromatic rings. The smallest absolute Gasteiger partial charge is 0.307 e. The van der Waals surface area contributed by atoms with Gasteiger partial charge in [0.15, 0.2) is 5.79 Å². The lowest BCUT2D eigenvalue weighted by molar-refractivity contribution is -0.195. The average Bonchev–Trinajstić information content (AvgIpc) is 3.05. The molecule has 0 aromatic heterocycles. The zero-order chi connectivity index (χ0) is 15.0. The average molecular weight is 297 g/mol. The normalized spacial score (nSPS) is 35.3. The molecule has 3 atom stereocenters. The van der Waals surface area contributed by atoms with Crippen molar-refractivity contribution in [1.29, 1.82) is 0 Å². The topological polar surface area (TPSA) is 76.1 Å². The van der Waals surface area contributed by atoms with E-state index in [1.165, 1.54) is 0 Å². The summed E-state index contributed by atoms with van der Waals surface area (Å²) in [5.74, 6) is -2.18. The summed E-state index contributed by atoms with van der Waals surface area (Å²) in [6.45, 7) is 4.26. The van der Waals surface area contributed by atoms with Crippen LogP contribution in [0.25, 0.3) is 0 Å². The highest BCUT2D eigenvalue weighted by molar-refractivity contribution is 5.85. The summed E-state index contributed by atoms with van der Waals surface area (Å²) in [6, 6.07) is 0. The summed E-state index contributed by atoms with van der Waals surface area (Å²) in [6.07, 6.45) is 2.91. The molecule has 1 spiro atoms. The van der Waals surface area contributed by atoms with E-state index < -0.39 is 23.6 Å². The molecule has 118 valence electrons. The van der Waals surface area contributed by atoms with Crippen LogP contribution in [0.5, 0.6) is 0 Å². The van der Waals surface area contributed by atoms with Gasteiger partial charge in [0.2, 0.25) is 5.91 Å². The SMILES string of the molecule is CC1CC(C(=O)O)C(C(=O)N2CCCC3(C2)OCCO3)C1. The molecule has 3 unspecified atom stereocenters. The lowest BCUT2D eigenvalue weighted by atomic mass is 9.93. The van der Waals surface area contributed by atoms with Gasteiger partial charge < -0.3 is 19.5 Å². The molecule has 2 heterocycles. The van der Waals surface area contributed by atoms with Gasteiger partial charge in [0.1, 0.15) is 0 Å². The zero-order valence-corrected chi connectivity index (χ0v) is 12.4. The van der Waals surface area contributed by atoms with Crippen molar-refractivity contribution in [2.24, 2.45) is 17.8 Å². The molecule has 1 saturated carbocycles.